The standard InChI is InChI=1S/C10H11BrN4S/c11-8-3-2-7(16-8)10-14-13-9-4-1-6(12)5-15(9)10/h2-3,6H,1,4-5,12H2. The number of halogens is 1. The molecule has 16 heavy (non-hydrogen) atoms. The van der Waals surface area contributed by atoms with Gasteiger partial charge in [0.1, 0.15) is 5.82 Å². The van der Waals surface area contributed by atoms with Crippen molar-refractivity contribution in [2.75, 3.05) is 0 Å². The summed E-state index contributed by atoms with van der Waals surface area (Å²) < 4.78 is 3.26. The third-order valence-corrected chi connectivity index (χ3v) is 4.40. The number of aromatic nitrogens is 3. The summed E-state index contributed by atoms with van der Waals surface area (Å²) in [4.78, 5) is 1.14. The molecule has 0 aliphatic carbocycles. The van der Waals surface area contributed by atoms with Gasteiger partial charge in [0.05, 0.1) is 8.66 Å². The van der Waals surface area contributed by atoms with Crippen molar-refractivity contribution in [3.05, 3.63) is 21.7 Å². The molecule has 1 aliphatic rings. The minimum atomic E-state index is 0.227. The van der Waals surface area contributed by atoms with Gasteiger partial charge < -0.3 is 10.3 Å². The van der Waals surface area contributed by atoms with Crippen molar-refractivity contribution in [1.29, 1.82) is 0 Å². The Morgan fingerprint density at radius 2 is 2.31 bits per heavy atom. The number of aryl methyl sites for hydroxylation is 1. The van der Waals surface area contributed by atoms with Crippen molar-refractivity contribution >= 4 is 27.3 Å². The minimum Gasteiger partial charge on any atom is -0.326 e. The molecule has 2 N–H and O–H groups in total. The first kappa shape index (κ1) is 10.4. The highest BCUT2D eigenvalue weighted by molar-refractivity contribution is 9.11. The van der Waals surface area contributed by atoms with Gasteiger partial charge in [-0.15, -0.1) is 21.5 Å². The van der Waals surface area contributed by atoms with E-state index >= 15 is 0 Å². The van der Waals surface area contributed by atoms with Crippen LogP contribution in [-0.2, 0) is 13.0 Å². The molecule has 0 aromatic carbocycles. The molecule has 0 fully saturated rings. The number of nitrogens with zero attached hydrogens (tertiary/aromatic N) is 3. The fraction of sp³-hybridized carbons (Fsp3) is 0.400. The second kappa shape index (κ2) is 3.94. The molecule has 0 saturated heterocycles. The second-order valence-electron chi connectivity index (χ2n) is 3.95. The predicted octanol–water partition coefficient (Wildman–Crippen LogP) is 2.04. The largest absolute Gasteiger partial charge is 0.326 e. The summed E-state index contributed by atoms with van der Waals surface area (Å²) in [6.45, 7) is 0.827. The maximum Gasteiger partial charge on any atom is 0.174 e. The van der Waals surface area contributed by atoms with Crippen LogP contribution < -0.4 is 5.73 Å². The van der Waals surface area contributed by atoms with E-state index in [0.29, 0.717) is 0 Å². The van der Waals surface area contributed by atoms with Crippen LogP contribution in [0.4, 0.5) is 0 Å². The van der Waals surface area contributed by atoms with Crippen LogP contribution in [0.15, 0.2) is 15.9 Å². The molecule has 2 aromatic rings. The molecule has 3 rings (SSSR count). The van der Waals surface area contributed by atoms with E-state index in [9.17, 15) is 0 Å². The van der Waals surface area contributed by atoms with Crippen LogP contribution in [-0.4, -0.2) is 20.8 Å². The van der Waals surface area contributed by atoms with Crippen LogP contribution in [0.2, 0.25) is 0 Å². The molecule has 0 radical (unpaired) electrons. The Morgan fingerprint density at radius 3 is 3.06 bits per heavy atom. The lowest BCUT2D eigenvalue weighted by atomic mass is 10.1. The van der Waals surface area contributed by atoms with Crippen LogP contribution in [0.1, 0.15) is 12.2 Å². The third-order valence-electron chi connectivity index (χ3n) is 2.78. The molecule has 0 amide bonds. The molecule has 4 nitrogen and oxygen atoms in total. The lowest BCUT2D eigenvalue weighted by Crippen LogP contribution is -2.32. The molecular weight excluding hydrogens is 288 g/mol. The first-order valence-corrected chi connectivity index (χ1v) is 6.78. The highest BCUT2D eigenvalue weighted by Gasteiger charge is 2.21. The van der Waals surface area contributed by atoms with Gasteiger partial charge in [-0.2, -0.15) is 0 Å². The minimum absolute atomic E-state index is 0.227. The van der Waals surface area contributed by atoms with Gasteiger partial charge in [-0.05, 0) is 34.5 Å². The second-order valence-corrected chi connectivity index (χ2v) is 6.42. The van der Waals surface area contributed by atoms with Crippen LogP contribution in [0, 0.1) is 0 Å². The zero-order valence-corrected chi connectivity index (χ0v) is 11.0. The van der Waals surface area contributed by atoms with Crippen LogP contribution in [0.3, 0.4) is 0 Å². The smallest absolute Gasteiger partial charge is 0.174 e. The highest BCUT2D eigenvalue weighted by Crippen LogP contribution is 2.31. The monoisotopic (exact) mass is 298 g/mol. The topological polar surface area (TPSA) is 56.7 Å². The van der Waals surface area contributed by atoms with Gasteiger partial charge in [-0.1, -0.05) is 0 Å². The van der Waals surface area contributed by atoms with Gasteiger partial charge in [-0.3, -0.25) is 0 Å². The Balaban J connectivity index is 2.06. The van der Waals surface area contributed by atoms with Gasteiger partial charge >= 0.3 is 0 Å². The van der Waals surface area contributed by atoms with Crippen molar-refractivity contribution in [2.45, 2.75) is 25.4 Å². The number of rotatable bonds is 1. The zero-order valence-electron chi connectivity index (χ0n) is 8.56. The lowest BCUT2D eigenvalue weighted by molar-refractivity contribution is 0.456. The Bertz CT molecular complexity index is 519. The quantitative estimate of drug-likeness (QED) is 0.876. The molecule has 1 aliphatic heterocycles. The van der Waals surface area contributed by atoms with E-state index in [0.717, 1.165) is 39.7 Å². The molecule has 1 atom stereocenters. The summed E-state index contributed by atoms with van der Waals surface area (Å²) >= 11 is 5.13. The Hall–Kier alpha value is -0.720. The van der Waals surface area contributed by atoms with Crippen molar-refractivity contribution in [3.8, 4) is 10.7 Å². The van der Waals surface area contributed by atoms with Crippen LogP contribution in [0.5, 0.6) is 0 Å². The van der Waals surface area contributed by atoms with Crippen LogP contribution in [0.25, 0.3) is 10.7 Å². The molecular formula is C10H11BrN4S. The van der Waals surface area contributed by atoms with Crippen molar-refractivity contribution in [3.63, 3.8) is 0 Å². The highest BCUT2D eigenvalue weighted by atomic mass is 79.9. The molecule has 6 heteroatoms. The summed E-state index contributed by atoms with van der Waals surface area (Å²) in [5.41, 5.74) is 5.98. The van der Waals surface area contributed by atoms with Crippen molar-refractivity contribution < 1.29 is 0 Å². The Labute approximate surface area is 106 Å². The molecule has 1 unspecified atom stereocenters. The van der Waals surface area contributed by atoms with Crippen molar-refractivity contribution in [1.82, 2.24) is 14.8 Å². The average molecular weight is 299 g/mol. The molecule has 3 heterocycles. The van der Waals surface area contributed by atoms with Gasteiger partial charge in [0.15, 0.2) is 5.82 Å². The molecule has 2 aromatic heterocycles. The van der Waals surface area contributed by atoms with Gasteiger partial charge in [0.2, 0.25) is 0 Å². The Kier molecular flexibility index (Phi) is 2.57. The molecule has 0 saturated carbocycles. The average Bonchev–Trinajstić information content (AvgIpc) is 2.83. The van der Waals surface area contributed by atoms with Gasteiger partial charge in [-0.25, -0.2) is 0 Å². The van der Waals surface area contributed by atoms with E-state index in [1.165, 1.54) is 0 Å². The summed E-state index contributed by atoms with van der Waals surface area (Å²) in [6, 6.07) is 4.32. The van der Waals surface area contributed by atoms with Gasteiger partial charge in [0.25, 0.3) is 0 Å². The van der Waals surface area contributed by atoms with E-state index < -0.39 is 0 Å². The summed E-state index contributed by atoms with van der Waals surface area (Å²) in [7, 11) is 0. The maximum absolute atomic E-state index is 5.98. The fourth-order valence-electron chi connectivity index (χ4n) is 1.97. The van der Waals surface area contributed by atoms with Crippen LogP contribution >= 0.6 is 27.3 Å². The molecule has 0 spiro atoms. The SMILES string of the molecule is NC1CCc2nnc(-c3ccc(Br)s3)n2C1. The normalized spacial score (nSPS) is 19.8. The molecule has 0 bridgehead atoms. The summed E-state index contributed by atoms with van der Waals surface area (Å²) in [6.07, 6.45) is 1.94. The predicted molar refractivity (Wildman–Crippen MR) is 67.3 cm³/mol. The van der Waals surface area contributed by atoms with E-state index in [-0.39, 0.29) is 6.04 Å². The molecule has 84 valence electrons. The fourth-order valence-corrected chi connectivity index (χ4v) is 3.35. The van der Waals surface area contributed by atoms with Gasteiger partial charge in [0, 0.05) is 19.0 Å². The Morgan fingerprint density at radius 1 is 1.44 bits per heavy atom. The van der Waals surface area contributed by atoms with E-state index in [4.69, 9.17) is 5.73 Å². The number of hydrogen-bond donors (Lipinski definition) is 1. The lowest BCUT2D eigenvalue weighted by Gasteiger charge is -2.20. The zero-order chi connectivity index (χ0) is 11.1. The summed E-state index contributed by atoms with van der Waals surface area (Å²) in [5.74, 6) is 2.00. The first-order chi connectivity index (χ1) is 7.74. The summed E-state index contributed by atoms with van der Waals surface area (Å²) in [5, 5.41) is 8.49. The number of thiophene rings is 1. The van der Waals surface area contributed by atoms with Crippen molar-refractivity contribution in [2.24, 2.45) is 5.73 Å². The van der Waals surface area contributed by atoms with E-state index in [1.54, 1.807) is 11.3 Å². The number of fused-ring (bicyclic) bond motifs is 1. The number of nitrogens with two attached hydrogens (primary N) is 1. The number of hydrogen-bond acceptors (Lipinski definition) is 4. The third kappa shape index (κ3) is 1.70. The maximum atomic E-state index is 5.98. The van der Waals surface area contributed by atoms with E-state index in [1.807, 2.05) is 6.07 Å². The van der Waals surface area contributed by atoms with E-state index in [2.05, 4.69) is 36.8 Å². The first-order valence-electron chi connectivity index (χ1n) is 5.17.